The summed E-state index contributed by atoms with van der Waals surface area (Å²) in [6.45, 7) is 4.35. The molecule has 3 aliphatic rings. The highest BCUT2D eigenvalue weighted by atomic mass is 32.2. The smallest absolute Gasteiger partial charge is 0.232 e. The van der Waals surface area contributed by atoms with Crippen LogP contribution in [0.3, 0.4) is 0 Å². The van der Waals surface area contributed by atoms with E-state index in [-0.39, 0.29) is 16.2 Å². The van der Waals surface area contributed by atoms with Crippen LogP contribution < -0.4 is 0 Å². The first-order valence-corrected chi connectivity index (χ1v) is 14.2. The van der Waals surface area contributed by atoms with Crippen LogP contribution in [0.15, 0.2) is 81.4 Å². The zero-order valence-electron chi connectivity index (χ0n) is 20.7. The Morgan fingerprint density at radius 3 is 2.54 bits per heavy atom. The molecule has 0 aromatic heterocycles. The van der Waals surface area contributed by atoms with Gasteiger partial charge in [-0.25, -0.2) is 8.42 Å². The van der Waals surface area contributed by atoms with E-state index in [0.717, 1.165) is 31.3 Å². The minimum absolute atomic E-state index is 0.0176. The van der Waals surface area contributed by atoms with Crippen molar-refractivity contribution in [1.29, 1.82) is 0 Å². The average Bonchev–Trinajstić information content (AvgIpc) is 3.18. The molecule has 1 aromatic carbocycles. The molecule has 4 nitrogen and oxygen atoms in total. The van der Waals surface area contributed by atoms with Gasteiger partial charge in [0, 0.05) is 0 Å². The van der Waals surface area contributed by atoms with Crippen molar-refractivity contribution < 1.29 is 23.0 Å². The minimum atomic E-state index is -4.11. The van der Waals surface area contributed by atoms with Gasteiger partial charge in [-0.15, -0.1) is 0 Å². The molecular formula is C29H37FO4S. The van der Waals surface area contributed by atoms with Crippen LogP contribution >= 0.6 is 0 Å². The largest absolute Gasteiger partial charge is 0.393 e. The summed E-state index contributed by atoms with van der Waals surface area (Å²) in [5.74, 6) is 0.425. The molecule has 35 heavy (non-hydrogen) atoms. The highest BCUT2D eigenvalue weighted by Gasteiger charge is 2.45. The number of hydrogen-bond acceptors (Lipinski definition) is 4. The summed E-state index contributed by atoms with van der Waals surface area (Å²) in [5.41, 5.74) is 3.77. The first-order chi connectivity index (χ1) is 16.6. The second-order valence-corrected chi connectivity index (χ2v) is 12.6. The van der Waals surface area contributed by atoms with Crippen LogP contribution in [-0.2, 0) is 9.84 Å². The third kappa shape index (κ3) is 5.55. The van der Waals surface area contributed by atoms with Crippen LogP contribution in [0.2, 0.25) is 0 Å². The van der Waals surface area contributed by atoms with Gasteiger partial charge in [0.05, 0.1) is 17.1 Å². The molecule has 0 aliphatic heterocycles. The van der Waals surface area contributed by atoms with E-state index >= 15 is 0 Å². The molecule has 2 fully saturated rings. The summed E-state index contributed by atoms with van der Waals surface area (Å²) in [5, 5.41) is 18.9. The number of aliphatic hydroxyl groups is 2. The standard InChI is InChI=1S/C29H37FO4S/c1-20(10-15-28(30)35(33,34)25-8-4-3-5-9-25)26-13-14-27-22(7-6-16-29(26,27)2)12-11-21-17-23(31)19-24(32)18-21/h3-5,8-9,11-13,15,20,23-24,27,31-32H,6-7,10,14,16-19H2,1-2H3/b22-12+,28-15-/t20-,23-,24-,27+,29-/m1/s1. The molecule has 6 heteroatoms. The SMILES string of the molecule is C[C@H](C/C=C(/F)S(=O)(=O)c1ccccc1)C1=CC[C@H]2/C(=C/C=C3C[C@@H](O)C[C@H](O)C3)CCC[C@]12C. The van der Waals surface area contributed by atoms with Gasteiger partial charge in [-0.05, 0) is 86.8 Å². The fourth-order valence-electron chi connectivity index (χ4n) is 6.36. The van der Waals surface area contributed by atoms with Gasteiger partial charge in [-0.2, -0.15) is 4.39 Å². The summed E-state index contributed by atoms with van der Waals surface area (Å²) in [7, 11) is -4.11. The molecule has 0 amide bonds. The number of rotatable bonds is 6. The zero-order chi connectivity index (χ0) is 25.2. The maximum atomic E-state index is 14.7. The third-order valence-electron chi connectivity index (χ3n) is 8.16. The lowest BCUT2D eigenvalue weighted by atomic mass is 9.62. The van der Waals surface area contributed by atoms with Crippen LogP contribution in [0, 0.1) is 17.3 Å². The average molecular weight is 501 g/mol. The Labute approximate surface area is 208 Å². The summed E-state index contributed by atoms with van der Waals surface area (Å²) < 4.78 is 39.8. The highest BCUT2D eigenvalue weighted by Crippen LogP contribution is 2.57. The Balaban J connectivity index is 1.47. The van der Waals surface area contributed by atoms with Gasteiger partial charge in [0.1, 0.15) is 0 Å². The van der Waals surface area contributed by atoms with Gasteiger partial charge in [0.25, 0.3) is 0 Å². The molecule has 0 spiro atoms. The second kappa shape index (κ2) is 10.5. The Morgan fingerprint density at radius 2 is 1.86 bits per heavy atom. The lowest BCUT2D eigenvalue weighted by Gasteiger charge is -2.42. The normalized spacial score (nSPS) is 31.7. The molecular weight excluding hydrogens is 463 g/mol. The van der Waals surface area contributed by atoms with Crippen molar-refractivity contribution in [2.45, 2.75) is 82.3 Å². The van der Waals surface area contributed by atoms with E-state index in [9.17, 15) is 23.0 Å². The number of benzene rings is 1. The monoisotopic (exact) mass is 500 g/mol. The van der Waals surface area contributed by atoms with E-state index < -0.39 is 27.2 Å². The van der Waals surface area contributed by atoms with E-state index in [1.54, 1.807) is 18.2 Å². The molecule has 2 saturated carbocycles. The van der Waals surface area contributed by atoms with Crippen LogP contribution in [0.4, 0.5) is 4.39 Å². The van der Waals surface area contributed by atoms with E-state index in [2.05, 4.69) is 32.1 Å². The molecule has 0 radical (unpaired) electrons. The molecule has 4 rings (SSSR count). The van der Waals surface area contributed by atoms with Crippen molar-refractivity contribution in [2.75, 3.05) is 0 Å². The molecule has 5 atom stereocenters. The number of sulfone groups is 1. The minimum Gasteiger partial charge on any atom is -0.393 e. The van der Waals surface area contributed by atoms with Crippen molar-refractivity contribution in [3.05, 3.63) is 76.5 Å². The van der Waals surface area contributed by atoms with Gasteiger partial charge in [0.15, 0.2) is 0 Å². The predicted molar refractivity (Wildman–Crippen MR) is 137 cm³/mol. The topological polar surface area (TPSA) is 74.6 Å². The first kappa shape index (κ1) is 26.1. The van der Waals surface area contributed by atoms with E-state index in [4.69, 9.17) is 0 Å². The van der Waals surface area contributed by atoms with Crippen LogP contribution in [0.5, 0.6) is 0 Å². The van der Waals surface area contributed by atoms with Crippen molar-refractivity contribution in [2.24, 2.45) is 17.3 Å². The second-order valence-electron chi connectivity index (χ2n) is 10.7. The molecule has 0 bridgehead atoms. The van der Waals surface area contributed by atoms with Gasteiger partial charge in [0.2, 0.25) is 15.0 Å². The molecule has 0 unspecified atom stereocenters. The summed E-state index contributed by atoms with van der Waals surface area (Å²) in [6.07, 6.45) is 13.0. The van der Waals surface area contributed by atoms with Gasteiger partial charge in [-0.3, -0.25) is 0 Å². The maximum absolute atomic E-state index is 14.7. The Kier molecular flexibility index (Phi) is 7.84. The van der Waals surface area contributed by atoms with Gasteiger partial charge in [-0.1, -0.05) is 67.0 Å². The first-order valence-electron chi connectivity index (χ1n) is 12.7. The molecule has 0 heterocycles. The highest BCUT2D eigenvalue weighted by molar-refractivity contribution is 7.95. The number of aliphatic hydroxyl groups excluding tert-OH is 2. The predicted octanol–water partition coefficient (Wildman–Crippen LogP) is 6.19. The van der Waals surface area contributed by atoms with Gasteiger partial charge >= 0.3 is 0 Å². The van der Waals surface area contributed by atoms with E-state index in [0.29, 0.717) is 31.6 Å². The van der Waals surface area contributed by atoms with Gasteiger partial charge < -0.3 is 10.2 Å². The zero-order valence-corrected chi connectivity index (χ0v) is 21.5. The number of halogens is 1. The maximum Gasteiger partial charge on any atom is 0.232 e. The number of fused-ring (bicyclic) bond motifs is 1. The molecule has 2 N–H and O–H groups in total. The number of allylic oxidation sites excluding steroid dienone is 6. The van der Waals surface area contributed by atoms with Crippen molar-refractivity contribution in [1.82, 2.24) is 0 Å². The molecule has 1 aromatic rings. The fourth-order valence-corrected chi connectivity index (χ4v) is 7.42. The molecule has 3 aliphatic carbocycles. The van der Waals surface area contributed by atoms with E-state index in [1.165, 1.54) is 29.4 Å². The van der Waals surface area contributed by atoms with Crippen molar-refractivity contribution in [3.63, 3.8) is 0 Å². The quantitative estimate of drug-likeness (QED) is 0.457. The summed E-state index contributed by atoms with van der Waals surface area (Å²) in [4.78, 5) is -0.0253. The molecule has 190 valence electrons. The summed E-state index contributed by atoms with van der Waals surface area (Å²) >= 11 is 0. The van der Waals surface area contributed by atoms with Crippen molar-refractivity contribution >= 4 is 9.84 Å². The lowest BCUT2D eigenvalue weighted by molar-refractivity contribution is 0.0609. The summed E-state index contributed by atoms with van der Waals surface area (Å²) in [6, 6.07) is 7.72. The van der Waals surface area contributed by atoms with Crippen LogP contribution in [0.1, 0.15) is 65.2 Å². The Hall–Kier alpha value is -2.02. The molecule has 0 saturated heterocycles. The Bertz CT molecular complexity index is 1140. The van der Waals surface area contributed by atoms with Crippen LogP contribution in [-0.4, -0.2) is 30.8 Å². The fraction of sp³-hybridized carbons (Fsp3) is 0.517. The Morgan fingerprint density at radius 1 is 1.17 bits per heavy atom. The van der Waals surface area contributed by atoms with E-state index in [1.807, 2.05) is 0 Å². The number of hydrogen-bond donors (Lipinski definition) is 2. The lowest BCUT2D eigenvalue weighted by Crippen LogP contribution is -2.32. The third-order valence-corrected chi connectivity index (χ3v) is 9.73. The van der Waals surface area contributed by atoms with Crippen molar-refractivity contribution in [3.8, 4) is 0 Å². The van der Waals surface area contributed by atoms with Crippen LogP contribution in [0.25, 0.3) is 0 Å².